The molecule has 3 heteroatoms. The summed E-state index contributed by atoms with van der Waals surface area (Å²) in [7, 11) is 0. The largest absolute Gasteiger partial charge is 0.363 e. The van der Waals surface area contributed by atoms with Crippen molar-refractivity contribution >= 4 is 0 Å². The van der Waals surface area contributed by atoms with E-state index in [2.05, 4.69) is 10.6 Å². The number of ether oxygens (including phenoxy) is 1. The highest BCUT2D eigenvalue weighted by Gasteiger charge is 2.20. The van der Waals surface area contributed by atoms with Crippen molar-refractivity contribution in [3.63, 3.8) is 0 Å². The molecule has 0 radical (unpaired) electrons. The van der Waals surface area contributed by atoms with Crippen LogP contribution in [0.3, 0.4) is 0 Å². The van der Waals surface area contributed by atoms with Gasteiger partial charge in [-0.1, -0.05) is 0 Å². The van der Waals surface area contributed by atoms with Crippen molar-refractivity contribution in [1.82, 2.24) is 10.6 Å². The van der Waals surface area contributed by atoms with Crippen LogP contribution < -0.4 is 10.6 Å². The summed E-state index contributed by atoms with van der Waals surface area (Å²) < 4.78 is 5.59. The van der Waals surface area contributed by atoms with Crippen molar-refractivity contribution in [3.05, 3.63) is 0 Å². The lowest BCUT2D eigenvalue weighted by Crippen LogP contribution is -2.42. The van der Waals surface area contributed by atoms with Crippen LogP contribution >= 0.6 is 0 Å². The molecule has 2 N–H and O–H groups in total. The van der Waals surface area contributed by atoms with E-state index in [0.717, 1.165) is 26.0 Å². The molecule has 2 atom stereocenters. The minimum atomic E-state index is 0.314. The van der Waals surface area contributed by atoms with Gasteiger partial charge >= 0.3 is 0 Å². The zero-order valence-corrected chi connectivity index (χ0v) is 7.51. The SMILES string of the molecule is C1CNC(CC2CCCN2)OC1. The first-order chi connectivity index (χ1) is 5.95. The Bertz CT molecular complexity index is 128. The fraction of sp³-hybridized carbons (Fsp3) is 1.00. The maximum atomic E-state index is 5.59. The molecule has 0 aromatic carbocycles. The number of hydrogen-bond acceptors (Lipinski definition) is 3. The number of hydrogen-bond donors (Lipinski definition) is 2. The Labute approximate surface area is 73.9 Å². The predicted octanol–water partition coefficient (Wildman–Crippen LogP) is 0.464. The van der Waals surface area contributed by atoms with E-state index in [4.69, 9.17) is 4.74 Å². The first kappa shape index (κ1) is 8.48. The normalized spacial score (nSPS) is 37.0. The Morgan fingerprint density at radius 1 is 1.17 bits per heavy atom. The molecule has 70 valence electrons. The van der Waals surface area contributed by atoms with Gasteiger partial charge in [-0.3, -0.25) is 5.32 Å². The molecule has 0 saturated carbocycles. The van der Waals surface area contributed by atoms with E-state index in [9.17, 15) is 0 Å². The smallest absolute Gasteiger partial charge is 0.109 e. The van der Waals surface area contributed by atoms with E-state index in [-0.39, 0.29) is 0 Å². The lowest BCUT2D eigenvalue weighted by molar-refractivity contribution is -0.00840. The maximum absolute atomic E-state index is 5.59. The topological polar surface area (TPSA) is 33.3 Å². The molecular weight excluding hydrogens is 152 g/mol. The molecule has 2 saturated heterocycles. The van der Waals surface area contributed by atoms with Crippen molar-refractivity contribution in [2.45, 2.75) is 38.0 Å². The monoisotopic (exact) mass is 170 g/mol. The first-order valence-electron chi connectivity index (χ1n) is 5.03. The highest BCUT2D eigenvalue weighted by molar-refractivity contribution is 4.77. The van der Waals surface area contributed by atoms with Gasteiger partial charge in [0.25, 0.3) is 0 Å². The van der Waals surface area contributed by atoms with Gasteiger partial charge in [-0.15, -0.1) is 0 Å². The summed E-state index contributed by atoms with van der Waals surface area (Å²) in [6, 6.07) is 0.695. The van der Waals surface area contributed by atoms with E-state index in [1.54, 1.807) is 0 Å². The maximum Gasteiger partial charge on any atom is 0.109 e. The fourth-order valence-corrected chi connectivity index (χ4v) is 1.99. The summed E-state index contributed by atoms with van der Waals surface area (Å²) in [4.78, 5) is 0. The highest BCUT2D eigenvalue weighted by atomic mass is 16.5. The molecule has 0 amide bonds. The molecule has 2 aliphatic heterocycles. The van der Waals surface area contributed by atoms with Gasteiger partial charge in [0.15, 0.2) is 0 Å². The van der Waals surface area contributed by atoms with Crippen molar-refractivity contribution in [1.29, 1.82) is 0 Å². The second-order valence-corrected chi connectivity index (χ2v) is 3.70. The summed E-state index contributed by atoms with van der Waals surface area (Å²) in [5, 5.41) is 6.87. The van der Waals surface area contributed by atoms with Crippen LogP contribution in [0.5, 0.6) is 0 Å². The van der Waals surface area contributed by atoms with E-state index in [0.29, 0.717) is 12.3 Å². The van der Waals surface area contributed by atoms with Crippen molar-refractivity contribution in [2.75, 3.05) is 19.7 Å². The number of rotatable bonds is 2. The molecule has 2 aliphatic rings. The van der Waals surface area contributed by atoms with Crippen LogP contribution in [0.15, 0.2) is 0 Å². The minimum absolute atomic E-state index is 0.314. The van der Waals surface area contributed by atoms with Gasteiger partial charge in [0.05, 0.1) is 0 Å². The van der Waals surface area contributed by atoms with Crippen molar-refractivity contribution in [2.24, 2.45) is 0 Å². The van der Waals surface area contributed by atoms with Crippen molar-refractivity contribution < 1.29 is 4.74 Å². The van der Waals surface area contributed by atoms with Gasteiger partial charge in [0.2, 0.25) is 0 Å². The molecule has 0 aromatic rings. The average Bonchev–Trinajstić information content (AvgIpc) is 2.59. The van der Waals surface area contributed by atoms with Crippen LogP contribution in [0.2, 0.25) is 0 Å². The molecular formula is C9H18N2O. The molecule has 12 heavy (non-hydrogen) atoms. The quantitative estimate of drug-likeness (QED) is 0.632. The van der Waals surface area contributed by atoms with Gasteiger partial charge in [0, 0.05) is 19.1 Å². The Hall–Kier alpha value is -0.120. The third kappa shape index (κ3) is 2.19. The third-order valence-electron chi connectivity index (χ3n) is 2.67. The van der Waals surface area contributed by atoms with Gasteiger partial charge in [-0.05, 0) is 32.4 Å². The molecule has 0 aliphatic carbocycles. The van der Waals surface area contributed by atoms with Crippen LogP contribution in [-0.2, 0) is 4.74 Å². The fourth-order valence-electron chi connectivity index (χ4n) is 1.99. The summed E-state index contributed by atoms with van der Waals surface area (Å²) in [6.07, 6.45) is 5.27. The van der Waals surface area contributed by atoms with E-state index >= 15 is 0 Å². The molecule has 2 heterocycles. The van der Waals surface area contributed by atoms with E-state index in [1.165, 1.54) is 19.4 Å². The Kier molecular flexibility index (Phi) is 2.98. The lowest BCUT2D eigenvalue weighted by atomic mass is 10.1. The van der Waals surface area contributed by atoms with Crippen molar-refractivity contribution in [3.8, 4) is 0 Å². The minimum Gasteiger partial charge on any atom is -0.363 e. The Morgan fingerprint density at radius 3 is 2.75 bits per heavy atom. The second kappa shape index (κ2) is 4.21. The standard InChI is InChI=1S/C9H18N2O/c1-3-8(10-4-1)7-9-11-5-2-6-12-9/h8-11H,1-7H2. The van der Waals surface area contributed by atoms with Gasteiger partial charge < -0.3 is 10.1 Å². The average molecular weight is 170 g/mol. The van der Waals surface area contributed by atoms with Crippen LogP contribution in [0, 0.1) is 0 Å². The van der Waals surface area contributed by atoms with Crippen LogP contribution in [0.4, 0.5) is 0 Å². The first-order valence-corrected chi connectivity index (χ1v) is 5.03. The van der Waals surface area contributed by atoms with Gasteiger partial charge in [-0.25, -0.2) is 0 Å². The predicted molar refractivity (Wildman–Crippen MR) is 48.0 cm³/mol. The number of nitrogens with one attached hydrogen (secondary N) is 2. The molecule has 2 rings (SSSR count). The third-order valence-corrected chi connectivity index (χ3v) is 2.67. The lowest BCUT2D eigenvalue weighted by Gasteiger charge is -2.26. The van der Waals surface area contributed by atoms with Crippen LogP contribution in [-0.4, -0.2) is 32.0 Å². The van der Waals surface area contributed by atoms with Gasteiger partial charge in [0.1, 0.15) is 6.23 Å². The van der Waals surface area contributed by atoms with E-state index < -0.39 is 0 Å². The molecule has 3 nitrogen and oxygen atoms in total. The van der Waals surface area contributed by atoms with Gasteiger partial charge in [-0.2, -0.15) is 0 Å². The molecule has 0 bridgehead atoms. The summed E-state index contributed by atoms with van der Waals surface area (Å²) >= 11 is 0. The Morgan fingerprint density at radius 2 is 2.08 bits per heavy atom. The summed E-state index contributed by atoms with van der Waals surface area (Å²) in [5.41, 5.74) is 0. The highest BCUT2D eigenvalue weighted by Crippen LogP contribution is 2.13. The summed E-state index contributed by atoms with van der Waals surface area (Å²) in [6.45, 7) is 3.25. The zero-order valence-electron chi connectivity index (χ0n) is 7.51. The molecule has 2 unspecified atom stereocenters. The molecule has 0 spiro atoms. The zero-order chi connectivity index (χ0) is 8.23. The second-order valence-electron chi connectivity index (χ2n) is 3.70. The summed E-state index contributed by atoms with van der Waals surface area (Å²) in [5.74, 6) is 0. The van der Waals surface area contributed by atoms with E-state index in [1.807, 2.05) is 0 Å². The van der Waals surface area contributed by atoms with Crippen LogP contribution in [0.1, 0.15) is 25.7 Å². The molecule has 2 fully saturated rings. The van der Waals surface area contributed by atoms with Crippen LogP contribution in [0.25, 0.3) is 0 Å². The Balaban J connectivity index is 1.69. The molecule has 0 aromatic heterocycles.